The van der Waals surface area contributed by atoms with Gasteiger partial charge in [-0.2, -0.15) is 0 Å². The van der Waals surface area contributed by atoms with Gasteiger partial charge in [0.1, 0.15) is 0 Å². The number of carbonyl (C=O) groups is 1. The maximum absolute atomic E-state index is 11.5. The molecule has 1 fully saturated rings. The van der Waals surface area contributed by atoms with Crippen molar-refractivity contribution in [2.75, 3.05) is 18.4 Å². The number of likely N-dealkylation sites (tertiary alicyclic amines) is 1. The first-order valence-electron chi connectivity index (χ1n) is 11.7. The first-order chi connectivity index (χ1) is 14.5. The second kappa shape index (κ2) is 15.7. The van der Waals surface area contributed by atoms with Gasteiger partial charge in [-0.25, -0.2) is 0 Å². The predicted molar refractivity (Wildman–Crippen MR) is 131 cm³/mol. The van der Waals surface area contributed by atoms with E-state index < -0.39 is 0 Å². The smallest absolute Gasteiger partial charge is 0.159 e. The standard InChI is InChI=1S/C20H24N2O.C4H10.C3H8/c1-16(23)18-8-5-9-20(14-18)21-19-10-12-22(13-11-19)15-17-6-3-2-4-7-17;1-3-4-2;1-3-2/h2-9,14,19,21H,10-13,15H2,1H3;3-4H2,1-2H3;3H2,1-2H3. The van der Waals surface area contributed by atoms with Crippen LogP contribution in [-0.2, 0) is 6.54 Å². The van der Waals surface area contributed by atoms with Gasteiger partial charge in [-0.1, -0.05) is 89.4 Å². The highest BCUT2D eigenvalue weighted by Crippen LogP contribution is 2.19. The average Bonchev–Trinajstić information content (AvgIpc) is 2.77. The lowest BCUT2D eigenvalue weighted by atomic mass is 10.0. The highest BCUT2D eigenvalue weighted by atomic mass is 16.1. The molecule has 0 atom stereocenters. The molecule has 2 aromatic rings. The molecule has 0 radical (unpaired) electrons. The topological polar surface area (TPSA) is 32.3 Å². The zero-order valence-corrected chi connectivity index (χ0v) is 19.8. The number of Topliss-reactive ketones (excluding diaryl/α,β-unsaturated/α-hetero) is 1. The molecular weight excluding hydrogens is 368 g/mol. The van der Waals surface area contributed by atoms with E-state index in [1.165, 1.54) is 24.8 Å². The molecule has 3 nitrogen and oxygen atoms in total. The van der Waals surface area contributed by atoms with Crippen molar-refractivity contribution in [1.29, 1.82) is 0 Å². The Hall–Kier alpha value is -2.13. The van der Waals surface area contributed by atoms with Gasteiger partial charge in [-0.15, -0.1) is 0 Å². The van der Waals surface area contributed by atoms with Crippen molar-refractivity contribution in [3.8, 4) is 0 Å². The van der Waals surface area contributed by atoms with E-state index in [0.29, 0.717) is 6.04 Å². The van der Waals surface area contributed by atoms with Crippen LogP contribution in [0.2, 0.25) is 0 Å². The molecular formula is C27H42N2O. The fourth-order valence-corrected chi connectivity index (χ4v) is 3.14. The normalized spacial score (nSPS) is 14.0. The summed E-state index contributed by atoms with van der Waals surface area (Å²) in [7, 11) is 0. The summed E-state index contributed by atoms with van der Waals surface area (Å²) in [6.07, 6.45) is 6.16. The zero-order valence-electron chi connectivity index (χ0n) is 19.8. The lowest BCUT2D eigenvalue weighted by molar-refractivity contribution is 0.101. The van der Waals surface area contributed by atoms with E-state index in [0.717, 1.165) is 43.7 Å². The number of carbonyl (C=O) groups excluding carboxylic acids is 1. The molecule has 0 aromatic heterocycles. The number of nitrogens with one attached hydrogen (secondary N) is 1. The zero-order chi connectivity index (χ0) is 22.2. The number of ketones is 1. The summed E-state index contributed by atoms with van der Waals surface area (Å²) in [5.41, 5.74) is 3.21. The molecule has 30 heavy (non-hydrogen) atoms. The van der Waals surface area contributed by atoms with Crippen molar-refractivity contribution in [2.24, 2.45) is 0 Å². The van der Waals surface area contributed by atoms with Crippen LogP contribution < -0.4 is 5.32 Å². The second-order valence-electron chi connectivity index (χ2n) is 8.02. The van der Waals surface area contributed by atoms with Gasteiger partial charge in [0.15, 0.2) is 5.78 Å². The van der Waals surface area contributed by atoms with Gasteiger partial charge in [0.25, 0.3) is 0 Å². The summed E-state index contributed by atoms with van der Waals surface area (Å²) in [6.45, 7) is 13.5. The molecule has 0 spiro atoms. The minimum absolute atomic E-state index is 0.117. The molecule has 1 heterocycles. The number of nitrogens with zero attached hydrogens (tertiary/aromatic N) is 1. The predicted octanol–water partition coefficient (Wildman–Crippen LogP) is 7.19. The van der Waals surface area contributed by atoms with Crippen LogP contribution in [0.25, 0.3) is 0 Å². The third kappa shape index (κ3) is 10.6. The molecule has 0 amide bonds. The van der Waals surface area contributed by atoms with E-state index in [-0.39, 0.29) is 5.78 Å². The monoisotopic (exact) mass is 410 g/mol. The average molecular weight is 411 g/mol. The van der Waals surface area contributed by atoms with E-state index in [2.05, 4.69) is 68.2 Å². The van der Waals surface area contributed by atoms with Crippen LogP contribution in [0.15, 0.2) is 54.6 Å². The third-order valence-corrected chi connectivity index (χ3v) is 4.98. The van der Waals surface area contributed by atoms with Gasteiger partial charge >= 0.3 is 0 Å². The molecule has 0 bridgehead atoms. The maximum Gasteiger partial charge on any atom is 0.159 e. The van der Waals surface area contributed by atoms with Crippen molar-refractivity contribution in [2.45, 2.75) is 79.3 Å². The van der Waals surface area contributed by atoms with Gasteiger partial charge in [0, 0.05) is 36.9 Å². The first kappa shape index (κ1) is 25.9. The van der Waals surface area contributed by atoms with E-state index in [9.17, 15) is 4.79 Å². The fraction of sp³-hybridized carbons (Fsp3) is 0.519. The second-order valence-corrected chi connectivity index (χ2v) is 8.02. The van der Waals surface area contributed by atoms with Crippen LogP contribution in [0.5, 0.6) is 0 Å². The first-order valence-corrected chi connectivity index (χ1v) is 11.7. The molecule has 1 aliphatic heterocycles. The van der Waals surface area contributed by atoms with Crippen LogP contribution in [0, 0.1) is 0 Å². The highest BCUT2D eigenvalue weighted by Gasteiger charge is 2.19. The van der Waals surface area contributed by atoms with Gasteiger partial charge in [0.05, 0.1) is 0 Å². The summed E-state index contributed by atoms with van der Waals surface area (Å²) >= 11 is 0. The van der Waals surface area contributed by atoms with Crippen molar-refractivity contribution in [3.05, 3.63) is 65.7 Å². The van der Waals surface area contributed by atoms with Crippen molar-refractivity contribution in [1.82, 2.24) is 4.90 Å². The lowest BCUT2D eigenvalue weighted by Crippen LogP contribution is -2.38. The molecule has 166 valence electrons. The molecule has 0 aliphatic carbocycles. The van der Waals surface area contributed by atoms with E-state index in [4.69, 9.17) is 0 Å². The Kier molecular flexibility index (Phi) is 13.5. The van der Waals surface area contributed by atoms with Crippen LogP contribution >= 0.6 is 0 Å². The Morgan fingerprint density at radius 1 is 0.933 bits per heavy atom. The SMILES string of the molecule is CC(=O)c1cccc(NC2CCN(Cc3ccccc3)CC2)c1.CCC.CCCC. The Bertz CT molecular complexity index is 689. The largest absolute Gasteiger partial charge is 0.382 e. The molecule has 2 aromatic carbocycles. The van der Waals surface area contributed by atoms with Gasteiger partial charge in [0.2, 0.25) is 0 Å². The highest BCUT2D eigenvalue weighted by molar-refractivity contribution is 5.94. The van der Waals surface area contributed by atoms with Crippen LogP contribution in [0.4, 0.5) is 5.69 Å². The summed E-state index contributed by atoms with van der Waals surface area (Å²) < 4.78 is 0. The molecule has 1 saturated heterocycles. The number of hydrogen-bond acceptors (Lipinski definition) is 3. The van der Waals surface area contributed by atoms with Gasteiger partial charge in [-0.05, 0) is 37.5 Å². The van der Waals surface area contributed by atoms with Crippen LogP contribution in [-0.4, -0.2) is 29.8 Å². The van der Waals surface area contributed by atoms with Crippen LogP contribution in [0.3, 0.4) is 0 Å². The molecule has 1 N–H and O–H groups in total. The lowest BCUT2D eigenvalue weighted by Gasteiger charge is -2.33. The minimum Gasteiger partial charge on any atom is -0.382 e. The maximum atomic E-state index is 11.5. The van der Waals surface area contributed by atoms with Crippen molar-refractivity contribution in [3.63, 3.8) is 0 Å². The molecule has 3 heteroatoms. The van der Waals surface area contributed by atoms with Gasteiger partial charge in [-0.3, -0.25) is 9.69 Å². The van der Waals surface area contributed by atoms with Crippen molar-refractivity contribution < 1.29 is 4.79 Å². The number of rotatable bonds is 6. The van der Waals surface area contributed by atoms with Gasteiger partial charge < -0.3 is 5.32 Å². The molecule has 0 unspecified atom stereocenters. The quantitative estimate of drug-likeness (QED) is 0.512. The number of piperidine rings is 1. The van der Waals surface area contributed by atoms with Crippen LogP contribution in [0.1, 0.15) is 82.6 Å². The Morgan fingerprint density at radius 3 is 2.07 bits per heavy atom. The summed E-state index contributed by atoms with van der Waals surface area (Å²) in [4.78, 5) is 14.0. The fourth-order valence-electron chi connectivity index (χ4n) is 3.14. The molecule has 3 rings (SSSR count). The van der Waals surface area contributed by atoms with E-state index in [1.54, 1.807) is 6.92 Å². The number of anilines is 1. The number of unbranched alkanes of at least 4 members (excludes halogenated alkanes) is 1. The summed E-state index contributed by atoms with van der Waals surface area (Å²) in [5.74, 6) is 0.117. The summed E-state index contributed by atoms with van der Waals surface area (Å²) in [5, 5.41) is 3.58. The third-order valence-electron chi connectivity index (χ3n) is 4.98. The minimum atomic E-state index is 0.117. The summed E-state index contributed by atoms with van der Waals surface area (Å²) in [6, 6.07) is 19.0. The Labute approximate surface area is 184 Å². The van der Waals surface area contributed by atoms with Crippen molar-refractivity contribution >= 4 is 11.5 Å². The van der Waals surface area contributed by atoms with E-state index >= 15 is 0 Å². The number of hydrogen-bond donors (Lipinski definition) is 1. The van der Waals surface area contributed by atoms with E-state index in [1.807, 2.05) is 24.3 Å². The molecule has 0 saturated carbocycles. The Morgan fingerprint density at radius 2 is 1.53 bits per heavy atom. The Balaban J connectivity index is 0.000000564. The molecule has 1 aliphatic rings. The number of benzene rings is 2.